The maximum atomic E-state index is 5.77. The van der Waals surface area contributed by atoms with E-state index in [1.165, 1.54) is 0 Å². The highest BCUT2D eigenvalue weighted by atomic mass is 16.3. The number of nitrogens with zero attached hydrogens (tertiary/aromatic N) is 1. The summed E-state index contributed by atoms with van der Waals surface area (Å²) >= 11 is 0. The number of nitrogens with one attached hydrogen (secondary N) is 1. The summed E-state index contributed by atoms with van der Waals surface area (Å²) in [5.41, 5.74) is 0.999. The number of aromatic nitrogens is 1. The third-order valence-corrected chi connectivity index (χ3v) is 2.84. The molecular weight excluding hydrogens is 236 g/mol. The zero-order valence-electron chi connectivity index (χ0n) is 11.5. The first-order valence-electron chi connectivity index (χ1n) is 6.71. The van der Waals surface area contributed by atoms with Crippen LogP contribution in [0.4, 0.5) is 0 Å². The highest BCUT2D eigenvalue weighted by Crippen LogP contribution is 2.21. The molecule has 2 rings (SSSR count). The predicted octanol–water partition coefficient (Wildman–Crippen LogP) is 3.74. The molecule has 2 aromatic rings. The third-order valence-electron chi connectivity index (χ3n) is 2.84. The lowest BCUT2D eigenvalue weighted by Crippen LogP contribution is -2.24. The largest absolute Gasteiger partial charge is 0.457 e. The van der Waals surface area contributed by atoms with E-state index in [0.717, 1.165) is 30.0 Å². The minimum absolute atomic E-state index is 0.354. The van der Waals surface area contributed by atoms with Crippen molar-refractivity contribution in [3.63, 3.8) is 0 Å². The lowest BCUT2D eigenvalue weighted by molar-refractivity contribution is 0.570. The molecule has 3 nitrogen and oxygen atoms in total. The lowest BCUT2D eigenvalue weighted by Gasteiger charge is -2.06. The van der Waals surface area contributed by atoms with Gasteiger partial charge in [0.1, 0.15) is 11.5 Å². The summed E-state index contributed by atoms with van der Waals surface area (Å²) in [4.78, 5) is 4.09. The number of rotatable bonds is 6. The molecule has 0 radical (unpaired) electrons. The van der Waals surface area contributed by atoms with Gasteiger partial charge in [0.15, 0.2) is 0 Å². The van der Waals surface area contributed by atoms with E-state index in [1.54, 1.807) is 12.4 Å². The lowest BCUT2D eigenvalue weighted by atomic mass is 10.2. The van der Waals surface area contributed by atoms with Crippen molar-refractivity contribution < 1.29 is 4.42 Å². The van der Waals surface area contributed by atoms with Gasteiger partial charge in [-0.05, 0) is 50.2 Å². The molecule has 0 aliphatic carbocycles. The Morgan fingerprint density at radius 1 is 1.37 bits per heavy atom. The molecule has 0 saturated heterocycles. The first kappa shape index (κ1) is 13.6. The van der Waals surface area contributed by atoms with Gasteiger partial charge >= 0.3 is 0 Å². The molecule has 0 aliphatic rings. The second-order valence-electron chi connectivity index (χ2n) is 4.55. The van der Waals surface area contributed by atoms with Crippen LogP contribution in [0.1, 0.15) is 26.0 Å². The molecule has 0 spiro atoms. The van der Waals surface area contributed by atoms with Crippen LogP contribution >= 0.6 is 0 Å². The van der Waals surface area contributed by atoms with Gasteiger partial charge in [0, 0.05) is 24.0 Å². The molecular formula is C16H20N2O. The van der Waals surface area contributed by atoms with E-state index in [4.69, 9.17) is 4.42 Å². The zero-order chi connectivity index (χ0) is 13.5. The number of pyridine rings is 1. The van der Waals surface area contributed by atoms with Crippen LogP contribution in [0.15, 0.2) is 47.2 Å². The van der Waals surface area contributed by atoms with Crippen molar-refractivity contribution in [3.05, 3.63) is 48.5 Å². The molecule has 1 N–H and O–H groups in total. The van der Waals surface area contributed by atoms with Crippen LogP contribution in [-0.4, -0.2) is 17.6 Å². The Morgan fingerprint density at radius 2 is 2.26 bits per heavy atom. The fourth-order valence-electron chi connectivity index (χ4n) is 1.79. The van der Waals surface area contributed by atoms with Gasteiger partial charge in [0.2, 0.25) is 0 Å². The number of hydrogen-bond acceptors (Lipinski definition) is 3. The molecule has 3 heteroatoms. The molecule has 100 valence electrons. The number of furan rings is 1. The van der Waals surface area contributed by atoms with Gasteiger partial charge in [0.25, 0.3) is 0 Å². The second-order valence-corrected chi connectivity index (χ2v) is 4.55. The topological polar surface area (TPSA) is 38.1 Å². The standard InChI is InChI=1S/C16H20N2O/c1-3-10-18-13(2)6-7-15-8-9-16(19-15)14-5-4-11-17-12-14/h4-9,11-13,18H,3,10H2,1-2H3/b7-6+. The summed E-state index contributed by atoms with van der Waals surface area (Å²) in [5, 5.41) is 3.40. The highest BCUT2D eigenvalue weighted by Gasteiger charge is 2.02. The van der Waals surface area contributed by atoms with Crippen molar-refractivity contribution in [2.45, 2.75) is 26.3 Å². The van der Waals surface area contributed by atoms with E-state index < -0.39 is 0 Å². The van der Waals surface area contributed by atoms with Gasteiger partial charge in [-0.25, -0.2) is 0 Å². The second kappa shape index (κ2) is 6.90. The summed E-state index contributed by atoms with van der Waals surface area (Å²) in [6.45, 7) is 5.33. The van der Waals surface area contributed by atoms with Crippen molar-refractivity contribution in [2.24, 2.45) is 0 Å². The molecule has 0 bridgehead atoms. The van der Waals surface area contributed by atoms with E-state index in [0.29, 0.717) is 6.04 Å². The molecule has 0 aromatic carbocycles. The van der Waals surface area contributed by atoms with Gasteiger partial charge in [-0.1, -0.05) is 13.0 Å². The van der Waals surface area contributed by atoms with Crippen molar-refractivity contribution in [3.8, 4) is 11.3 Å². The van der Waals surface area contributed by atoms with Gasteiger partial charge in [-0.2, -0.15) is 0 Å². The first-order valence-corrected chi connectivity index (χ1v) is 6.71. The number of hydrogen-bond donors (Lipinski definition) is 1. The fourth-order valence-corrected chi connectivity index (χ4v) is 1.79. The van der Waals surface area contributed by atoms with Crippen LogP contribution < -0.4 is 5.32 Å². The average molecular weight is 256 g/mol. The summed E-state index contributed by atoms with van der Waals surface area (Å²) in [5.74, 6) is 1.71. The molecule has 1 unspecified atom stereocenters. The Kier molecular flexibility index (Phi) is 4.93. The van der Waals surface area contributed by atoms with E-state index in [2.05, 4.69) is 30.2 Å². The van der Waals surface area contributed by atoms with E-state index >= 15 is 0 Å². The molecule has 19 heavy (non-hydrogen) atoms. The molecule has 0 amide bonds. The molecule has 0 aliphatic heterocycles. The van der Waals surface area contributed by atoms with Crippen LogP contribution in [-0.2, 0) is 0 Å². The summed E-state index contributed by atoms with van der Waals surface area (Å²) in [6, 6.07) is 8.20. The smallest absolute Gasteiger partial charge is 0.136 e. The minimum atomic E-state index is 0.354. The van der Waals surface area contributed by atoms with E-state index in [9.17, 15) is 0 Å². The Balaban J connectivity index is 2.00. The van der Waals surface area contributed by atoms with Crippen molar-refractivity contribution in [2.75, 3.05) is 6.54 Å². The van der Waals surface area contributed by atoms with Gasteiger partial charge in [-0.15, -0.1) is 0 Å². The maximum absolute atomic E-state index is 5.77. The molecule has 2 heterocycles. The molecule has 1 atom stereocenters. The van der Waals surface area contributed by atoms with Crippen LogP contribution in [0, 0.1) is 0 Å². The zero-order valence-corrected chi connectivity index (χ0v) is 11.5. The molecule has 2 aromatic heterocycles. The summed E-state index contributed by atoms with van der Waals surface area (Å²) in [7, 11) is 0. The predicted molar refractivity (Wildman–Crippen MR) is 78.7 cm³/mol. The van der Waals surface area contributed by atoms with Crippen LogP contribution in [0.2, 0.25) is 0 Å². The maximum Gasteiger partial charge on any atom is 0.136 e. The SMILES string of the molecule is CCCNC(C)/C=C/c1ccc(-c2cccnc2)o1. The van der Waals surface area contributed by atoms with Crippen LogP contribution in [0.25, 0.3) is 17.4 Å². The summed E-state index contributed by atoms with van der Waals surface area (Å²) < 4.78 is 5.77. The Hall–Kier alpha value is -1.87. The average Bonchev–Trinajstić information content (AvgIpc) is 2.93. The van der Waals surface area contributed by atoms with E-state index in [-0.39, 0.29) is 0 Å². The molecule has 0 saturated carbocycles. The Labute approximate surface area is 114 Å². The van der Waals surface area contributed by atoms with Crippen molar-refractivity contribution in [1.29, 1.82) is 0 Å². The van der Waals surface area contributed by atoms with Crippen molar-refractivity contribution in [1.82, 2.24) is 10.3 Å². The van der Waals surface area contributed by atoms with Crippen molar-refractivity contribution >= 4 is 6.08 Å². The van der Waals surface area contributed by atoms with Crippen LogP contribution in [0.3, 0.4) is 0 Å². The Bertz CT molecular complexity index is 517. The first-order chi connectivity index (χ1) is 9.29. The van der Waals surface area contributed by atoms with E-state index in [1.807, 2.05) is 30.3 Å². The monoisotopic (exact) mass is 256 g/mol. The fraction of sp³-hybridized carbons (Fsp3) is 0.312. The Morgan fingerprint density at radius 3 is 3.00 bits per heavy atom. The van der Waals surface area contributed by atoms with Crippen LogP contribution in [0.5, 0.6) is 0 Å². The highest BCUT2D eigenvalue weighted by molar-refractivity contribution is 5.58. The normalized spacial score (nSPS) is 12.9. The third kappa shape index (κ3) is 4.07. The van der Waals surface area contributed by atoms with Gasteiger partial charge in [0.05, 0.1) is 0 Å². The molecule has 0 fully saturated rings. The quantitative estimate of drug-likeness (QED) is 0.855. The summed E-state index contributed by atoms with van der Waals surface area (Å²) in [6.07, 6.45) is 8.82. The minimum Gasteiger partial charge on any atom is -0.457 e. The van der Waals surface area contributed by atoms with Gasteiger partial charge in [-0.3, -0.25) is 4.98 Å². The van der Waals surface area contributed by atoms with Gasteiger partial charge < -0.3 is 9.73 Å².